The summed E-state index contributed by atoms with van der Waals surface area (Å²) in [5.74, 6) is 1.31. The maximum atomic E-state index is 10.7. The average molecular weight is 286 g/mol. The molecule has 6 heteroatoms. The summed E-state index contributed by atoms with van der Waals surface area (Å²) in [5.41, 5.74) is 0.692. The third-order valence-corrected chi connectivity index (χ3v) is 3.50. The minimum atomic E-state index is -0.432. The first-order valence-corrected chi connectivity index (χ1v) is 6.78. The van der Waals surface area contributed by atoms with E-state index in [-0.39, 0.29) is 11.6 Å². The van der Waals surface area contributed by atoms with Gasteiger partial charge in [0.25, 0.3) is 5.69 Å². The zero-order valence-electron chi connectivity index (χ0n) is 10.5. The van der Waals surface area contributed by atoms with E-state index in [1.54, 1.807) is 6.07 Å². The van der Waals surface area contributed by atoms with Crippen LogP contribution in [0.1, 0.15) is 18.4 Å². The molecule has 1 aliphatic rings. The van der Waals surface area contributed by atoms with Gasteiger partial charge in [0.15, 0.2) is 0 Å². The highest BCUT2D eigenvalue weighted by Crippen LogP contribution is 2.27. The van der Waals surface area contributed by atoms with E-state index >= 15 is 0 Å². The molecule has 0 saturated carbocycles. The molecule has 0 atom stereocenters. The number of ether oxygens (including phenoxy) is 2. The molecule has 1 aromatic carbocycles. The molecular weight excluding hydrogens is 270 g/mol. The lowest BCUT2D eigenvalue weighted by Gasteiger charge is -2.22. The number of nitro benzene ring substituents is 1. The highest BCUT2D eigenvalue weighted by molar-refractivity contribution is 6.17. The van der Waals surface area contributed by atoms with Crippen LogP contribution in [0.25, 0.3) is 0 Å². The van der Waals surface area contributed by atoms with Crippen molar-refractivity contribution in [1.29, 1.82) is 0 Å². The molecule has 1 aromatic rings. The van der Waals surface area contributed by atoms with Crippen LogP contribution in [0, 0.1) is 16.0 Å². The Morgan fingerprint density at radius 2 is 2.16 bits per heavy atom. The van der Waals surface area contributed by atoms with Crippen molar-refractivity contribution in [3.63, 3.8) is 0 Å². The first-order chi connectivity index (χ1) is 9.20. The first-order valence-electron chi connectivity index (χ1n) is 6.24. The predicted molar refractivity (Wildman–Crippen MR) is 71.7 cm³/mol. The fourth-order valence-electron chi connectivity index (χ4n) is 2.05. The maximum absolute atomic E-state index is 10.7. The standard InChI is InChI=1S/C13H16ClNO4/c14-8-11-7-12(15(16)17)1-2-13(11)19-9-10-3-5-18-6-4-10/h1-2,7,10H,3-6,8-9H2. The second-order valence-electron chi connectivity index (χ2n) is 4.55. The maximum Gasteiger partial charge on any atom is 0.270 e. The quantitative estimate of drug-likeness (QED) is 0.474. The SMILES string of the molecule is O=[N+]([O-])c1ccc(OCC2CCOCC2)c(CCl)c1. The smallest absolute Gasteiger partial charge is 0.270 e. The third-order valence-electron chi connectivity index (χ3n) is 3.21. The van der Waals surface area contributed by atoms with Gasteiger partial charge in [-0.1, -0.05) is 0 Å². The molecule has 1 fully saturated rings. The van der Waals surface area contributed by atoms with E-state index in [0.717, 1.165) is 26.1 Å². The highest BCUT2D eigenvalue weighted by Gasteiger charge is 2.16. The Labute approximate surface area is 116 Å². The van der Waals surface area contributed by atoms with Crippen molar-refractivity contribution in [3.8, 4) is 5.75 Å². The lowest BCUT2D eigenvalue weighted by Crippen LogP contribution is -2.21. The predicted octanol–water partition coefficient (Wildman–Crippen LogP) is 3.14. The summed E-state index contributed by atoms with van der Waals surface area (Å²) in [7, 11) is 0. The van der Waals surface area contributed by atoms with Crippen LogP contribution in [0.4, 0.5) is 5.69 Å². The van der Waals surface area contributed by atoms with Crippen molar-refractivity contribution in [2.24, 2.45) is 5.92 Å². The van der Waals surface area contributed by atoms with E-state index in [2.05, 4.69) is 0 Å². The van der Waals surface area contributed by atoms with Crippen LogP contribution in [0.2, 0.25) is 0 Å². The van der Waals surface area contributed by atoms with Crippen molar-refractivity contribution >= 4 is 17.3 Å². The molecule has 5 nitrogen and oxygen atoms in total. The summed E-state index contributed by atoms with van der Waals surface area (Å²) < 4.78 is 11.0. The number of benzene rings is 1. The number of nitrogens with zero attached hydrogens (tertiary/aromatic N) is 1. The summed E-state index contributed by atoms with van der Waals surface area (Å²) in [4.78, 5) is 10.3. The Hall–Kier alpha value is -1.33. The fraction of sp³-hybridized carbons (Fsp3) is 0.538. The highest BCUT2D eigenvalue weighted by atomic mass is 35.5. The van der Waals surface area contributed by atoms with Crippen LogP contribution < -0.4 is 4.74 Å². The van der Waals surface area contributed by atoms with Crippen LogP contribution in [0.5, 0.6) is 5.75 Å². The number of alkyl halides is 1. The Bertz CT molecular complexity index is 446. The summed E-state index contributed by atoms with van der Waals surface area (Å²) in [6.45, 7) is 2.15. The number of hydrogen-bond acceptors (Lipinski definition) is 4. The monoisotopic (exact) mass is 285 g/mol. The van der Waals surface area contributed by atoms with Gasteiger partial charge in [0.05, 0.1) is 17.4 Å². The molecule has 0 unspecified atom stereocenters. The van der Waals surface area contributed by atoms with Gasteiger partial charge < -0.3 is 9.47 Å². The molecule has 0 aromatic heterocycles. The Balaban J connectivity index is 2.00. The second kappa shape index (κ2) is 6.73. The van der Waals surface area contributed by atoms with Gasteiger partial charge in [0, 0.05) is 30.9 Å². The fourth-order valence-corrected chi connectivity index (χ4v) is 2.25. The zero-order valence-corrected chi connectivity index (χ0v) is 11.3. The van der Waals surface area contributed by atoms with Crippen molar-refractivity contribution in [2.45, 2.75) is 18.7 Å². The number of non-ortho nitro benzene ring substituents is 1. The van der Waals surface area contributed by atoms with Crippen LogP contribution in [-0.2, 0) is 10.6 Å². The molecule has 1 aliphatic heterocycles. The van der Waals surface area contributed by atoms with Crippen LogP contribution >= 0.6 is 11.6 Å². The summed E-state index contributed by atoms with van der Waals surface area (Å²) >= 11 is 5.81. The molecule has 0 aliphatic carbocycles. The van der Waals surface area contributed by atoms with Crippen molar-refractivity contribution < 1.29 is 14.4 Å². The van der Waals surface area contributed by atoms with Gasteiger partial charge in [-0.2, -0.15) is 0 Å². The summed E-state index contributed by atoms with van der Waals surface area (Å²) in [5, 5.41) is 10.7. The number of nitro groups is 1. The first kappa shape index (κ1) is 14.1. The average Bonchev–Trinajstić information content (AvgIpc) is 2.45. The Kier molecular flexibility index (Phi) is 4.99. The van der Waals surface area contributed by atoms with E-state index in [0.29, 0.717) is 23.8 Å². The van der Waals surface area contributed by atoms with Gasteiger partial charge in [-0.05, 0) is 24.8 Å². The topological polar surface area (TPSA) is 61.6 Å². The molecule has 1 saturated heterocycles. The van der Waals surface area contributed by atoms with E-state index in [1.807, 2.05) is 0 Å². The molecule has 104 valence electrons. The van der Waals surface area contributed by atoms with Gasteiger partial charge in [-0.25, -0.2) is 0 Å². The van der Waals surface area contributed by atoms with Crippen molar-refractivity contribution in [3.05, 3.63) is 33.9 Å². The van der Waals surface area contributed by atoms with Gasteiger partial charge in [0.1, 0.15) is 5.75 Å². The second-order valence-corrected chi connectivity index (χ2v) is 4.82. The summed E-state index contributed by atoms with van der Waals surface area (Å²) in [6, 6.07) is 4.52. The molecule has 0 spiro atoms. The van der Waals surface area contributed by atoms with E-state index in [9.17, 15) is 10.1 Å². The van der Waals surface area contributed by atoms with E-state index in [4.69, 9.17) is 21.1 Å². The van der Waals surface area contributed by atoms with Crippen LogP contribution in [0.15, 0.2) is 18.2 Å². The van der Waals surface area contributed by atoms with Gasteiger partial charge in [-0.3, -0.25) is 10.1 Å². The summed E-state index contributed by atoms with van der Waals surface area (Å²) in [6.07, 6.45) is 1.98. The van der Waals surface area contributed by atoms with Gasteiger partial charge >= 0.3 is 0 Å². The van der Waals surface area contributed by atoms with Gasteiger partial charge in [-0.15, -0.1) is 11.6 Å². The molecule has 0 radical (unpaired) electrons. The van der Waals surface area contributed by atoms with E-state index in [1.165, 1.54) is 12.1 Å². The molecule has 19 heavy (non-hydrogen) atoms. The largest absolute Gasteiger partial charge is 0.493 e. The minimum Gasteiger partial charge on any atom is -0.493 e. The Morgan fingerprint density at radius 1 is 1.42 bits per heavy atom. The zero-order chi connectivity index (χ0) is 13.7. The molecule has 1 heterocycles. The van der Waals surface area contributed by atoms with E-state index < -0.39 is 4.92 Å². The number of halogens is 1. The molecule has 0 N–H and O–H groups in total. The molecular formula is C13H16ClNO4. The Morgan fingerprint density at radius 3 is 2.79 bits per heavy atom. The van der Waals surface area contributed by atoms with Crippen LogP contribution in [-0.4, -0.2) is 24.7 Å². The molecule has 2 rings (SSSR count). The molecule has 0 bridgehead atoms. The van der Waals surface area contributed by atoms with Crippen molar-refractivity contribution in [2.75, 3.05) is 19.8 Å². The van der Waals surface area contributed by atoms with Gasteiger partial charge in [0.2, 0.25) is 0 Å². The lowest BCUT2D eigenvalue weighted by atomic mass is 10.0. The lowest BCUT2D eigenvalue weighted by molar-refractivity contribution is -0.384. The minimum absolute atomic E-state index is 0.0362. The van der Waals surface area contributed by atoms with Crippen LogP contribution in [0.3, 0.4) is 0 Å². The molecule has 0 amide bonds. The number of rotatable bonds is 5. The number of hydrogen-bond donors (Lipinski definition) is 0. The third kappa shape index (κ3) is 3.81. The normalized spacial score (nSPS) is 16.3. The van der Waals surface area contributed by atoms with Crippen molar-refractivity contribution in [1.82, 2.24) is 0 Å².